The average molecular weight is 326 g/mol. The molecule has 0 saturated carbocycles. The zero-order chi connectivity index (χ0) is 13.8. The van der Waals surface area contributed by atoms with E-state index in [-0.39, 0.29) is 12.5 Å². The first kappa shape index (κ1) is 13.6. The number of aromatic nitrogens is 4. The van der Waals surface area contributed by atoms with Crippen LogP contribution >= 0.6 is 15.9 Å². The lowest BCUT2D eigenvalue weighted by Crippen LogP contribution is -2.24. The van der Waals surface area contributed by atoms with Crippen LogP contribution in [0.4, 0.5) is 0 Å². The highest BCUT2D eigenvalue weighted by Crippen LogP contribution is 2.23. The highest BCUT2D eigenvalue weighted by molar-refractivity contribution is 9.10. The van der Waals surface area contributed by atoms with Crippen LogP contribution in [-0.4, -0.2) is 26.5 Å². The normalized spacial score (nSPS) is 10.5. The number of hydroxylamine groups is 1. The zero-order valence-electron chi connectivity index (χ0n) is 10.4. The van der Waals surface area contributed by atoms with Crippen LogP contribution in [0.5, 0.6) is 0 Å². The van der Waals surface area contributed by atoms with Crippen LogP contribution in [0.15, 0.2) is 16.6 Å². The molecular weight excluding hydrogens is 314 g/mol. The number of amides is 1. The molecule has 0 unspecified atom stereocenters. The molecule has 2 N–H and O–H groups in total. The monoisotopic (exact) mass is 325 g/mol. The number of H-pyrrole nitrogens is 1. The number of carbonyl (C=O) groups is 1. The Hall–Kier alpha value is -1.80. The van der Waals surface area contributed by atoms with Crippen LogP contribution < -0.4 is 5.48 Å². The molecule has 2 rings (SSSR count). The van der Waals surface area contributed by atoms with Crippen molar-refractivity contribution in [2.75, 3.05) is 0 Å². The van der Waals surface area contributed by atoms with Gasteiger partial charge < -0.3 is 0 Å². The van der Waals surface area contributed by atoms with Crippen LogP contribution in [0, 0.1) is 13.8 Å². The minimum absolute atomic E-state index is 0.0499. The van der Waals surface area contributed by atoms with E-state index in [2.05, 4.69) is 42.0 Å². The summed E-state index contributed by atoms with van der Waals surface area (Å²) in [4.78, 5) is 17.0. The van der Waals surface area contributed by atoms with Crippen molar-refractivity contribution in [3.8, 4) is 0 Å². The molecule has 0 atom stereocenters. The quantitative estimate of drug-likeness (QED) is 0.830. The highest BCUT2D eigenvalue weighted by atomic mass is 79.9. The Kier molecular flexibility index (Phi) is 4.23. The standard InChI is InChI=1S/C11H12BrN5O2/c1-6-3-4-8(7(2)10(6)12)11(18)15-19-5-9-13-16-17-14-9/h3-4H,5H2,1-2H3,(H,15,18)(H,13,14,16,17). The van der Waals surface area contributed by atoms with Gasteiger partial charge in [0.2, 0.25) is 5.82 Å². The minimum atomic E-state index is -0.318. The van der Waals surface area contributed by atoms with Gasteiger partial charge in [0, 0.05) is 10.0 Å². The number of tetrazole rings is 1. The van der Waals surface area contributed by atoms with E-state index < -0.39 is 0 Å². The largest absolute Gasteiger partial charge is 0.275 e. The Balaban J connectivity index is 1.98. The van der Waals surface area contributed by atoms with Gasteiger partial charge in [-0.05, 0) is 31.0 Å². The summed E-state index contributed by atoms with van der Waals surface area (Å²) in [5.74, 6) is 0.0452. The number of nitrogens with one attached hydrogen (secondary N) is 2. The van der Waals surface area contributed by atoms with Crippen LogP contribution in [-0.2, 0) is 11.4 Å². The molecule has 1 heterocycles. The summed E-state index contributed by atoms with van der Waals surface area (Å²) in [6.07, 6.45) is 0. The van der Waals surface area contributed by atoms with E-state index in [1.807, 2.05) is 19.9 Å². The zero-order valence-corrected chi connectivity index (χ0v) is 12.0. The van der Waals surface area contributed by atoms with Gasteiger partial charge in [-0.3, -0.25) is 9.63 Å². The molecule has 0 aliphatic carbocycles. The molecule has 1 amide bonds. The van der Waals surface area contributed by atoms with Gasteiger partial charge >= 0.3 is 0 Å². The molecule has 1 aromatic heterocycles. The fraction of sp³-hybridized carbons (Fsp3) is 0.273. The number of rotatable bonds is 4. The Morgan fingerprint density at radius 3 is 2.95 bits per heavy atom. The summed E-state index contributed by atoms with van der Waals surface area (Å²) in [7, 11) is 0. The smallest absolute Gasteiger partial charge is 0.267 e. The van der Waals surface area contributed by atoms with Crippen molar-refractivity contribution in [2.24, 2.45) is 0 Å². The van der Waals surface area contributed by atoms with Crippen molar-refractivity contribution in [1.29, 1.82) is 0 Å². The number of benzene rings is 1. The lowest BCUT2D eigenvalue weighted by Gasteiger charge is -2.10. The maximum absolute atomic E-state index is 11.9. The van der Waals surface area contributed by atoms with E-state index >= 15 is 0 Å². The third-order valence-corrected chi connectivity index (χ3v) is 3.80. The first-order valence-corrected chi connectivity index (χ1v) is 6.29. The first-order valence-electron chi connectivity index (χ1n) is 5.49. The van der Waals surface area contributed by atoms with Gasteiger partial charge in [-0.25, -0.2) is 5.48 Å². The molecule has 7 nitrogen and oxygen atoms in total. The lowest BCUT2D eigenvalue weighted by molar-refractivity contribution is 0.0208. The molecule has 8 heteroatoms. The molecule has 0 fully saturated rings. The van der Waals surface area contributed by atoms with Gasteiger partial charge in [0.05, 0.1) is 0 Å². The highest BCUT2D eigenvalue weighted by Gasteiger charge is 2.12. The number of hydrogen-bond donors (Lipinski definition) is 2. The third kappa shape index (κ3) is 3.15. The number of hydrogen-bond acceptors (Lipinski definition) is 5. The summed E-state index contributed by atoms with van der Waals surface area (Å²) in [6, 6.07) is 3.62. The first-order chi connectivity index (χ1) is 9.09. The van der Waals surface area contributed by atoms with Gasteiger partial charge in [0.25, 0.3) is 5.91 Å². The van der Waals surface area contributed by atoms with Crippen LogP contribution in [0.3, 0.4) is 0 Å². The molecule has 0 saturated heterocycles. The molecule has 19 heavy (non-hydrogen) atoms. The van der Waals surface area contributed by atoms with E-state index in [1.165, 1.54) is 0 Å². The summed E-state index contributed by atoms with van der Waals surface area (Å²) < 4.78 is 0.915. The number of nitrogens with zero attached hydrogens (tertiary/aromatic N) is 3. The van der Waals surface area contributed by atoms with E-state index in [0.717, 1.165) is 15.6 Å². The van der Waals surface area contributed by atoms with Gasteiger partial charge in [0.15, 0.2) is 0 Å². The summed E-state index contributed by atoms with van der Waals surface area (Å²) in [6.45, 7) is 3.88. The number of halogens is 1. The van der Waals surface area contributed by atoms with Crippen LogP contribution in [0.25, 0.3) is 0 Å². The molecule has 0 bridgehead atoms. The lowest BCUT2D eigenvalue weighted by atomic mass is 10.1. The fourth-order valence-electron chi connectivity index (χ4n) is 1.53. The van der Waals surface area contributed by atoms with Crippen molar-refractivity contribution in [3.63, 3.8) is 0 Å². The van der Waals surface area contributed by atoms with Crippen molar-refractivity contribution in [2.45, 2.75) is 20.5 Å². The number of aromatic amines is 1. The van der Waals surface area contributed by atoms with Crippen molar-refractivity contribution < 1.29 is 9.63 Å². The van der Waals surface area contributed by atoms with E-state index in [4.69, 9.17) is 4.84 Å². The predicted octanol–water partition coefficient (Wildman–Crippen LogP) is 1.44. The molecule has 0 radical (unpaired) electrons. The molecule has 2 aromatic rings. The van der Waals surface area contributed by atoms with Crippen LogP contribution in [0.2, 0.25) is 0 Å². The maximum Gasteiger partial charge on any atom is 0.275 e. The maximum atomic E-state index is 11.9. The average Bonchev–Trinajstić information content (AvgIpc) is 2.89. The van der Waals surface area contributed by atoms with Crippen molar-refractivity contribution >= 4 is 21.8 Å². The second-order valence-electron chi connectivity index (χ2n) is 3.92. The molecular formula is C11H12BrN5O2. The van der Waals surface area contributed by atoms with Gasteiger partial charge in [0.1, 0.15) is 6.61 Å². The number of carbonyl (C=O) groups excluding carboxylic acids is 1. The van der Waals surface area contributed by atoms with Gasteiger partial charge in [-0.15, -0.1) is 10.2 Å². The van der Waals surface area contributed by atoms with Crippen molar-refractivity contribution in [1.82, 2.24) is 26.1 Å². The second kappa shape index (κ2) is 5.89. The predicted molar refractivity (Wildman–Crippen MR) is 70.0 cm³/mol. The molecule has 0 aliphatic heterocycles. The van der Waals surface area contributed by atoms with Crippen molar-refractivity contribution in [3.05, 3.63) is 39.1 Å². The second-order valence-corrected chi connectivity index (χ2v) is 4.71. The Morgan fingerprint density at radius 1 is 1.47 bits per heavy atom. The van der Waals surface area contributed by atoms with Crippen LogP contribution in [0.1, 0.15) is 27.3 Å². The summed E-state index contributed by atoms with van der Waals surface area (Å²) >= 11 is 3.44. The molecule has 0 aliphatic rings. The topological polar surface area (TPSA) is 92.8 Å². The SMILES string of the molecule is Cc1ccc(C(=O)NOCc2nn[nH]n2)c(C)c1Br. The Morgan fingerprint density at radius 2 is 2.26 bits per heavy atom. The Labute approximate surface area is 117 Å². The van der Waals surface area contributed by atoms with E-state index in [9.17, 15) is 4.79 Å². The Bertz CT molecular complexity index is 585. The number of aryl methyl sites for hydroxylation is 1. The third-order valence-electron chi connectivity index (χ3n) is 2.58. The van der Waals surface area contributed by atoms with E-state index in [1.54, 1.807) is 6.07 Å². The van der Waals surface area contributed by atoms with Gasteiger partial charge in [-0.1, -0.05) is 27.2 Å². The minimum Gasteiger partial charge on any atom is -0.267 e. The summed E-state index contributed by atoms with van der Waals surface area (Å²) in [5.41, 5.74) is 4.82. The summed E-state index contributed by atoms with van der Waals surface area (Å²) in [5, 5.41) is 13.1. The molecule has 0 spiro atoms. The molecule has 1 aromatic carbocycles. The van der Waals surface area contributed by atoms with E-state index in [0.29, 0.717) is 11.4 Å². The molecule has 100 valence electrons. The fourth-order valence-corrected chi connectivity index (χ4v) is 1.88. The van der Waals surface area contributed by atoms with Gasteiger partial charge in [-0.2, -0.15) is 5.21 Å².